The van der Waals surface area contributed by atoms with E-state index in [2.05, 4.69) is 55.3 Å². The quantitative estimate of drug-likeness (QED) is 0.575. The van der Waals surface area contributed by atoms with E-state index in [1.165, 1.54) is 10.5 Å². The first kappa shape index (κ1) is 24.8. The van der Waals surface area contributed by atoms with Gasteiger partial charge in [0.25, 0.3) is 0 Å². The SMILES string of the molecule is CCN(CC)CCNC(=O)N1CCC(Sc2ccc(C)cc2)C1.O=C(O)C(=O)O. The molecule has 1 aromatic rings. The van der Waals surface area contributed by atoms with E-state index >= 15 is 0 Å². The number of benzene rings is 1. The number of amides is 2. The van der Waals surface area contributed by atoms with Gasteiger partial charge in [0.1, 0.15) is 0 Å². The lowest BCUT2D eigenvalue weighted by molar-refractivity contribution is -0.159. The predicted octanol–water partition coefficient (Wildman–Crippen LogP) is 2.37. The molecule has 1 aromatic carbocycles. The molecule has 1 fully saturated rings. The highest BCUT2D eigenvalue weighted by Crippen LogP contribution is 2.29. The number of nitrogens with zero attached hydrogens (tertiary/aromatic N) is 2. The summed E-state index contributed by atoms with van der Waals surface area (Å²) >= 11 is 1.89. The normalized spacial score (nSPS) is 15.6. The van der Waals surface area contributed by atoms with Crippen molar-refractivity contribution in [1.82, 2.24) is 15.1 Å². The zero-order valence-corrected chi connectivity index (χ0v) is 18.1. The summed E-state index contributed by atoms with van der Waals surface area (Å²) in [5.74, 6) is -3.65. The third-order valence-corrected chi connectivity index (χ3v) is 5.80. The Hall–Kier alpha value is -2.26. The standard InChI is InChI=1S/C18H29N3OS.C2H2O4/c1-4-20(5-2)13-11-19-18(22)21-12-10-17(14-21)23-16-8-6-15(3)7-9-16;3-1(4)2(5)6/h6-9,17H,4-5,10-14H2,1-3H3,(H,19,22);(H,3,4)(H,5,6). The molecule has 0 aromatic heterocycles. The molecule has 0 saturated carbocycles. The average Bonchev–Trinajstić information content (AvgIpc) is 3.16. The molecule has 1 heterocycles. The van der Waals surface area contributed by atoms with E-state index in [0.717, 1.165) is 45.7 Å². The molecular formula is C20H31N3O5S. The number of nitrogens with one attached hydrogen (secondary N) is 1. The number of carbonyl (C=O) groups excluding carboxylic acids is 1. The lowest BCUT2D eigenvalue weighted by Crippen LogP contribution is -2.42. The van der Waals surface area contributed by atoms with Crippen LogP contribution in [0.5, 0.6) is 0 Å². The molecule has 0 bridgehead atoms. The molecule has 162 valence electrons. The molecule has 0 aliphatic carbocycles. The summed E-state index contributed by atoms with van der Waals surface area (Å²) in [7, 11) is 0. The fourth-order valence-corrected chi connectivity index (χ4v) is 3.95. The van der Waals surface area contributed by atoms with Gasteiger partial charge in [-0.15, -0.1) is 11.8 Å². The zero-order chi connectivity index (χ0) is 21.8. The Bertz CT molecular complexity index is 653. The number of rotatable bonds is 7. The summed E-state index contributed by atoms with van der Waals surface area (Å²) in [6.07, 6.45) is 1.07. The minimum absolute atomic E-state index is 0.0872. The number of carbonyl (C=O) groups is 3. The Morgan fingerprint density at radius 2 is 1.72 bits per heavy atom. The fourth-order valence-electron chi connectivity index (χ4n) is 2.79. The molecule has 2 rings (SSSR count). The first-order valence-electron chi connectivity index (χ1n) is 9.71. The first-order chi connectivity index (χ1) is 13.8. The molecule has 2 amide bonds. The van der Waals surface area contributed by atoms with Crippen LogP contribution in [0.4, 0.5) is 4.79 Å². The second-order valence-electron chi connectivity index (χ2n) is 6.66. The number of likely N-dealkylation sites (N-methyl/N-ethyl adjacent to an activating group) is 1. The van der Waals surface area contributed by atoms with Crippen LogP contribution in [-0.4, -0.2) is 82.5 Å². The lowest BCUT2D eigenvalue weighted by atomic mass is 10.2. The van der Waals surface area contributed by atoms with Gasteiger partial charge in [-0.25, -0.2) is 14.4 Å². The molecule has 29 heavy (non-hydrogen) atoms. The Kier molecular flexibility index (Phi) is 11.2. The van der Waals surface area contributed by atoms with Crippen LogP contribution in [0.3, 0.4) is 0 Å². The molecule has 3 N–H and O–H groups in total. The number of carboxylic acids is 2. The van der Waals surface area contributed by atoms with Gasteiger partial charge in [0.15, 0.2) is 0 Å². The summed E-state index contributed by atoms with van der Waals surface area (Å²) in [6, 6.07) is 8.73. The van der Waals surface area contributed by atoms with Crippen molar-refractivity contribution < 1.29 is 24.6 Å². The minimum Gasteiger partial charge on any atom is -0.473 e. The maximum Gasteiger partial charge on any atom is 0.414 e. The lowest BCUT2D eigenvalue weighted by Gasteiger charge is -2.21. The van der Waals surface area contributed by atoms with Crippen LogP contribution >= 0.6 is 11.8 Å². The number of urea groups is 1. The van der Waals surface area contributed by atoms with Crippen molar-refractivity contribution in [3.63, 3.8) is 0 Å². The molecule has 1 unspecified atom stereocenters. The maximum absolute atomic E-state index is 12.2. The number of carboxylic acid groups (broad SMARTS) is 2. The summed E-state index contributed by atoms with van der Waals surface area (Å²) in [5, 5.41) is 18.3. The monoisotopic (exact) mass is 425 g/mol. The summed E-state index contributed by atoms with van der Waals surface area (Å²) in [5.41, 5.74) is 1.29. The number of likely N-dealkylation sites (tertiary alicyclic amines) is 1. The van der Waals surface area contributed by atoms with Gasteiger partial charge in [-0.1, -0.05) is 31.5 Å². The van der Waals surface area contributed by atoms with Gasteiger partial charge >= 0.3 is 18.0 Å². The van der Waals surface area contributed by atoms with Gasteiger partial charge < -0.3 is 25.3 Å². The second kappa shape index (κ2) is 13.1. The Morgan fingerprint density at radius 1 is 1.14 bits per heavy atom. The highest BCUT2D eigenvalue weighted by molar-refractivity contribution is 8.00. The van der Waals surface area contributed by atoms with Crippen LogP contribution in [0.1, 0.15) is 25.8 Å². The molecule has 0 spiro atoms. The minimum atomic E-state index is -1.82. The molecule has 1 aliphatic rings. The van der Waals surface area contributed by atoms with Crippen LogP contribution in [0.2, 0.25) is 0 Å². The predicted molar refractivity (Wildman–Crippen MR) is 113 cm³/mol. The maximum atomic E-state index is 12.2. The van der Waals surface area contributed by atoms with Gasteiger partial charge in [0.05, 0.1) is 0 Å². The van der Waals surface area contributed by atoms with Gasteiger partial charge in [-0.3, -0.25) is 0 Å². The summed E-state index contributed by atoms with van der Waals surface area (Å²) < 4.78 is 0. The van der Waals surface area contributed by atoms with E-state index in [-0.39, 0.29) is 6.03 Å². The highest BCUT2D eigenvalue weighted by Gasteiger charge is 2.26. The van der Waals surface area contributed by atoms with E-state index < -0.39 is 11.9 Å². The van der Waals surface area contributed by atoms with Crippen molar-refractivity contribution in [3.05, 3.63) is 29.8 Å². The molecule has 9 heteroatoms. The van der Waals surface area contributed by atoms with Crippen LogP contribution in [0.15, 0.2) is 29.2 Å². The zero-order valence-electron chi connectivity index (χ0n) is 17.3. The van der Waals surface area contributed by atoms with Crippen LogP contribution < -0.4 is 5.32 Å². The van der Waals surface area contributed by atoms with Crippen molar-refractivity contribution >= 4 is 29.7 Å². The van der Waals surface area contributed by atoms with Gasteiger partial charge in [0.2, 0.25) is 0 Å². The summed E-state index contributed by atoms with van der Waals surface area (Å²) in [4.78, 5) is 36.0. The number of thioether (sulfide) groups is 1. The largest absolute Gasteiger partial charge is 0.473 e. The van der Waals surface area contributed by atoms with Crippen molar-refractivity contribution in [1.29, 1.82) is 0 Å². The van der Waals surface area contributed by atoms with E-state index in [1.54, 1.807) is 0 Å². The van der Waals surface area contributed by atoms with E-state index in [4.69, 9.17) is 19.8 Å². The van der Waals surface area contributed by atoms with Crippen molar-refractivity contribution in [2.45, 2.75) is 37.3 Å². The Labute approximate surface area is 176 Å². The highest BCUT2D eigenvalue weighted by atomic mass is 32.2. The average molecular weight is 426 g/mol. The molecule has 1 saturated heterocycles. The molecule has 0 radical (unpaired) electrons. The number of aryl methyl sites for hydroxylation is 1. The molecular weight excluding hydrogens is 394 g/mol. The van der Waals surface area contributed by atoms with Crippen molar-refractivity contribution in [2.24, 2.45) is 0 Å². The topological polar surface area (TPSA) is 110 Å². The van der Waals surface area contributed by atoms with Gasteiger partial charge in [0, 0.05) is 36.3 Å². The van der Waals surface area contributed by atoms with Crippen LogP contribution in [0, 0.1) is 6.92 Å². The summed E-state index contributed by atoms with van der Waals surface area (Å²) in [6.45, 7) is 11.8. The van der Waals surface area contributed by atoms with Gasteiger partial charge in [-0.05, 0) is 38.6 Å². The second-order valence-corrected chi connectivity index (χ2v) is 8.03. The van der Waals surface area contributed by atoms with Gasteiger partial charge in [-0.2, -0.15) is 0 Å². The third kappa shape index (κ3) is 9.67. The fraction of sp³-hybridized carbons (Fsp3) is 0.550. The number of aliphatic carboxylic acids is 2. The Morgan fingerprint density at radius 3 is 2.24 bits per heavy atom. The molecule has 8 nitrogen and oxygen atoms in total. The molecule has 1 atom stereocenters. The van der Waals surface area contributed by atoms with Crippen molar-refractivity contribution in [2.75, 3.05) is 39.3 Å². The number of hydrogen-bond donors (Lipinski definition) is 3. The van der Waals surface area contributed by atoms with E-state index in [0.29, 0.717) is 5.25 Å². The van der Waals surface area contributed by atoms with E-state index in [1.807, 2.05) is 16.7 Å². The van der Waals surface area contributed by atoms with Crippen molar-refractivity contribution in [3.8, 4) is 0 Å². The molecule has 1 aliphatic heterocycles. The Balaban J connectivity index is 0.000000612. The third-order valence-electron chi connectivity index (χ3n) is 4.54. The smallest absolute Gasteiger partial charge is 0.414 e. The number of hydrogen-bond acceptors (Lipinski definition) is 5. The first-order valence-corrected chi connectivity index (χ1v) is 10.6. The van der Waals surface area contributed by atoms with Crippen LogP contribution in [0.25, 0.3) is 0 Å². The van der Waals surface area contributed by atoms with E-state index in [9.17, 15) is 4.79 Å². The van der Waals surface area contributed by atoms with Crippen LogP contribution in [-0.2, 0) is 9.59 Å².